The Bertz CT molecular complexity index is 704. The van der Waals surface area contributed by atoms with Crippen LogP contribution < -0.4 is 11.5 Å². The van der Waals surface area contributed by atoms with Crippen LogP contribution in [0.5, 0.6) is 0 Å². The van der Waals surface area contributed by atoms with Crippen molar-refractivity contribution in [2.75, 3.05) is 0 Å². The van der Waals surface area contributed by atoms with Gasteiger partial charge in [-0.3, -0.25) is 4.98 Å². The van der Waals surface area contributed by atoms with Crippen molar-refractivity contribution in [3.8, 4) is 0 Å². The van der Waals surface area contributed by atoms with Crippen LogP contribution in [-0.4, -0.2) is 11.1 Å². The van der Waals surface area contributed by atoms with Crippen LogP contribution in [0.15, 0.2) is 48.7 Å². The Hall–Kier alpha value is -1.97. The number of fused-ring (bicyclic) bond motifs is 3. The highest BCUT2D eigenvalue weighted by molar-refractivity contribution is 6.07. The number of benzene rings is 2. The van der Waals surface area contributed by atoms with E-state index in [1.165, 1.54) is 5.39 Å². The van der Waals surface area contributed by atoms with E-state index in [0.29, 0.717) is 6.42 Å². The Morgan fingerprint density at radius 3 is 2.67 bits per heavy atom. The van der Waals surface area contributed by atoms with Crippen LogP contribution in [0.1, 0.15) is 5.56 Å². The van der Waals surface area contributed by atoms with E-state index in [1.54, 1.807) is 0 Å². The van der Waals surface area contributed by atoms with Gasteiger partial charge >= 0.3 is 0 Å². The van der Waals surface area contributed by atoms with E-state index in [9.17, 15) is 0 Å². The quantitative estimate of drug-likeness (QED) is 0.530. The highest BCUT2D eigenvalue weighted by Gasteiger charge is 2.07. The number of aromatic nitrogens is 1. The van der Waals surface area contributed by atoms with E-state index in [0.717, 1.165) is 21.9 Å². The Morgan fingerprint density at radius 2 is 1.83 bits per heavy atom. The molecule has 0 fully saturated rings. The summed E-state index contributed by atoms with van der Waals surface area (Å²) >= 11 is 0. The lowest BCUT2D eigenvalue weighted by molar-refractivity contribution is 0.706. The van der Waals surface area contributed by atoms with Crippen LogP contribution in [0, 0.1) is 0 Å². The molecule has 1 heterocycles. The first-order valence-electron chi connectivity index (χ1n) is 6.02. The maximum Gasteiger partial charge on any atom is 0.0711 e. The van der Waals surface area contributed by atoms with Crippen LogP contribution in [0.25, 0.3) is 21.7 Å². The molecule has 0 unspecified atom stereocenters. The van der Waals surface area contributed by atoms with Gasteiger partial charge in [-0.2, -0.15) is 0 Å². The van der Waals surface area contributed by atoms with Crippen LogP contribution >= 0.6 is 0 Å². The monoisotopic (exact) mass is 237 g/mol. The highest BCUT2D eigenvalue weighted by Crippen LogP contribution is 2.26. The van der Waals surface area contributed by atoms with E-state index in [4.69, 9.17) is 11.5 Å². The number of pyridine rings is 1. The largest absolute Gasteiger partial charge is 0.316 e. The average molecular weight is 237 g/mol. The van der Waals surface area contributed by atoms with Crippen molar-refractivity contribution < 1.29 is 0 Å². The van der Waals surface area contributed by atoms with Gasteiger partial charge in [-0.25, -0.2) is 0 Å². The van der Waals surface area contributed by atoms with Crippen LogP contribution in [0.2, 0.25) is 0 Å². The fraction of sp³-hybridized carbons (Fsp3) is 0.133. The molecule has 2 aromatic carbocycles. The summed E-state index contributed by atoms with van der Waals surface area (Å²) in [7, 11) is 0. The van der Waals surface area contributed by atoms with Gasteiger partial charge in [0.2, 0.25) is 0 Å². The molecule has 0 saturated heterocycles. The van der Waals surface area contributed by atoms with Gasteiger partial charge in [0, 0.05) is 23.4 Å². The second-order valence-electron chi connectivity index (χ2n) is 4.52. The highest BCUT2D eigenvalue weighted by atomic mass is 14.8. The van der Waals surface area contributed by atoms with E-state index in [2.05, 4.69) is 23.2 Å². The van der Waals surface area contributed by atoms with Crippen molar-refractivity contribution in [1.29, 1.82) is 0 Å². The smallest absolute Gasteiger partial charge is 0.0711 e. The SMILES string of the molecule is NC(N)Cc1cccc2ncc3ccccc3c12. The van der Waals surface area contributed by atoms with Crippen molar-refractivity contribution in [2.24, 2.45) is 11.5 Å². The molecule has 0 aliphatic heterocycles. The Kier molecular flexibility index (Phi) is 2.70. The topological polar surface area (TPSA) is 64.9 Å². The zero-order chi connectivity index (χ0) is 12.5. The van der Waals surface area contributed by atoms with Gasteiger partial charge in [-0.05, 0) is 17.0 Å². The molecular weight excluding hydrogens is 222 g/mol. The Labute approximate surface area is 105 Å². The number of hydrogen-bond donors (Lipinski definition) is 2. The first kappa shape index (κ1) is 11.1. The third-order valence-corrected chi connectivity index (χ3v) is 3.16. The summed E-state index contributed by atoms with van der Waals surface area (Å²) in [4.78, 5) is 4.50. The fourth-order valence-electron chi connectivity index (χ4n) is 2.41. The minimum Gasteiger partial charge on any atom is -0.316 e. The molecule has 3 aromatic rings. The number of nitrogens with two attached hydrogens (primary N) is 2. The first-order chi connectivity index (χ1) is 8.75. The summed E-state index contributed by atoms with van der Waals surface area (Å²) in [6.07, 6.45) is 2.23. The molecule has 0 radical (unpaired) electrons. The molecule has 0 bridgehead atoms. The maximum atomic E-state index is 5.72. The van der Waals surface area contributed by atoms with Gasteiger partial charge in [-0.15, -0.1) is 0 Å². The van der Waals surface area contributed by atoms with Crippen molar-refractivity contribution in [2.45, 2.75) is 12.6 Å². The van der Waals surface area contributed by atoms with Crippen molar-refractivity contribution >= 4 is 21.7 Å². The van der Waals surface area contributed by atoms with E-state index < -0.39 is 0 Å². The van der Waals surface area contributed by atoms with Crippen LogP contribution in [-0.2, 0) is 6.42 Å². The fourth-order valence-corrected chi connectivity index (χ4v) is 2.41. The molecule has 0 saturated carbocycles. The van der Waals surface area contributed by atoms with Crippen LogP contribution in [0.4, 0.5) is 0 Å². The molecule has 3 heteroatoms. The third-order valence-electron chi connectivity index (χ3n) is 3.16. The molecule has 0 amide bonds. The van der Waals surface area contributed by atoms with Gasteiger partial charge < -0.3 is 11.5 Å². The van der Waals surface area contributed by atoms with Gasteiger partial charge in [-0.1, -0.05) is 36.4 Å². The predicted octanol–water partition coefficient (Wildman–Crippen LogP) is 2.17. The van der Waals surface area contributed by atoms with Crippen molar-refractivity contribution in [1.82, 2.24) is 4.98 Å². The Morgan fingerprint density at radius 1 is 1.00 bits per heavy atom. The predicted molar refractivity (Wildman–Crippen MR) is 75.1 cm³/mol. The molecule has 4 N–H and O–H groups in total. The number of hydrogen-bond acceptors (Lipinski definition) is 3. The Balaban J connectivity index is 2.39. The van der Waals surface area contributed by atoms with Gasteiger partial charge in [0.25, 0.3) is 0 Å². The second-order valence-corrected chi connectivity index (χ2v) is 4.52. The van der Waals surface area contributed by atoms with Crippen LogP contribution in [0.3, 0.4) is 0 Å². The molecule has 1 aromatic heterocycles. The van der Waals surface area contributed by atoms with E-state index >= 15 is 0 Å². The molecular formula is C15H15N3. The zero-order valence-corrected chi connectivity index (χ0v) is 10.0. The second kappa shape index (κ2) is 4.37. The lowest BCUT2D eigenvalue weighted by Crippen LogP contribution is -2.32. The van der Waals surface area contributed by atoms with Crippen molar-refractivity contribution in [3.05, 3.63) is 54.2 Å². The summed E-state index contributed by atoms with van der Waals surface area (Å²) < 4.78 is 0. The summed E-state index contributed by atoms with van der Waals surface area (Å²) in [5.41, 5.74) is 13.6. The van der Waals surface area contributed by atoms with Gasteiger partial charge in [0.15, 0.2) is 0 Å². The molecule has 90 valence electrons. The zero-order valence-electron chi connectivity index (χ0n) is 10.0. The standard InChI is InChI=1S/C15H15N3/c16-14(17)8-10-5-3-7-13-15(10)12-6-2-1-4-11(12)9-18-13/h1-7,9,14H,8,16-17H2. The molecule has 0 spiro atoms. The minimum absolute atomic E-state index is 0.338. The number of rotatable bonds is 2. The van der Waals surface area contributed by atoms with Crippen molar-refractivity contribution in [3.63, 3.8) is 0 Å². The minimum atomic E-state index is -0.338. The lowest BCUT2D eigenvalue weighted by atomic mass is 9.99. The van der Waals surface area contributed by atoms with E-state index in [-0.39, 0.29) is 6.17 Å². The summed E-state index contributed by atoms with van der Waals surface area (Å²) in [5, 5.41) is 3.51. The third kappa shape index (κ3) is 1.83. The first-order valence-corrected chi connectivity index (χ1v) is 6.02. The molecule has 0 atom stereocenters. The molecule has 0 aliphatic carbocycles. The molecule has 18 heavy (non-hydrogen) atoms. The molecule has 3 nitrogen and oxygen atoms in total. The normalized spacial score (nSPS) is 11.5. The summed E-state index contributed by atoms with van der Waals surface area (Å²) in [6, 6.07) is 14.3. The van der Waals surface area contributed by atoms with Gasteiger partial charge in [0.05, 0.1) is 11.7 Å². The number of nitrogens with zero attached hydrogens (tertiary/aromatic N) is 1. The molecule has 3 rings (SSSR count). The summed E-state index contributed by atoms with van der Waals surface area (Å²) in [5.74, 6) is 0. The summed E-state index contributed by atoms with van der Waals surface area (Å²) in [6.45, 7) is 0. The molecule has 0 aliphatic rings. The van der Waals surface area contributed by atoms with Gasteiger partial charge in [0.1, 0.15) is 0 Å². The maximum absolute atomic E-state index is 5.72. The average Bonchev–Trinajstić information content (AvgIpc) is 2.38. The lowest BCUT2D eigenvalue weighted by Gasteiger charge is -2.11. The van der Waals surface area contributed by atoms with E-state index in [1.807, 2.05) is 30.5 Å².